The van der Waals surface area contributed by atoms with Crippen LogP contribution < -0.4 is 20.7 Å². The summed E-state index contributed by atoms with van der Waals surface area (Å²) in [5.41, 5.74) is 7.93. The molecule has 0 spiro atoms. The van der Waals surface area contributed by atoms with Gasteiger partial charge in [0.1, 0.15) is 5.75 Å². The largest absolute Gasteiger partial charge is 0.497 e. The van der Waals surface area contributed by atoms with E-state index in [4.69, 9.17) is 10.5 Å². The molecule has 1 unspecified atom stereocenters. The van der Waals surface area contributed by atoms with Crippen LogP contribution in [0, 0.1) is 0 Å². The van der Waals surface area contributed by atoms with Gasteiger partial charge in [0.25, 0.3) is 5.91 Å². The third-order valence-corrected chi connectivity index (χ3v) is 5.15. The van der Waals surface area contributed by atoms with E-state index in [1.165, 1.54) is 12.8 Å². The molecule has 1 amide bonds. The predicted octanol–water partition coefficient (Wildman–Crippen LogP) is 3.85. The maximum Gasteiger partial charge on any atom is 0.260 e. The van der Waals surface area contributed by atoms with Crippen LogP contribution in [0.2, 0.25) is 0 Å². The Kier molecular flexibility index (Phi) is 6.71. The minimum atomic E-state index is -0.0691. The number of hydrogen-bond acceptors (Lipinski definition) is 4. The summed E-state index contributed by atoms with van der Waals surface area (Å²) in [6.45, 7) is 1.79. The number of rotatable bonds is 8. The lowest BCUT2D eigenvalue weighted by atomic mass is 10.1. The van der Waals surface area contributed by atoms with Crippen molar-refractivity contribution in [3.8, 4) is 5.75 Å². The number of para-hydroxylation sites is 1. The van der Waals surface area contributed by atoms with E-state index in [2.05, 4.69) is 5.32 Å². The number of anilines is 2. The summed E-state index contributed by atoms with van der Waals surface area (Å²) in [5, 5.41) is 3.53. The van der Waals surface area contributed by atoms with Gasteiger partial charge in [-0.2, -0.15) is 0 Å². The maximum atomic E-state index is 13.2. The number of ether oxygens (including phenoxy) is 1. The Labute approximate surface area is 161 Å². The van der Waals surface area contributed by atoms with E-state index in [-0.39, 0.29) is 5.91 Å². The fourth-order valence-corrected chi connectivity index (χ4v) is 3.63. The number of benzene rings is 2. The van der Waals surface area contributed by atoms with Crippen molar-refractivity contribution in [1.29, 1.82) is 0 Å². The zero-order chi connectivity index (χ0) is 19.1. The standard InChI is InChI=1S/C22H29N3O2/c1-27-19-11-6-10-18(16-19)25(15-5-4-8-17-9-7-14-24-17)22(26)20-12-2-3-13-21(20)23/h2-3,6,10-13,16-17,24H,4-5,7-9,14-15,23H2,1H3. The normalized spacial score (nSPS) is 16.3. The number of nitrogens with two attached hydrogens (primary N) is 1. The number of nitrogen functional groups attached to an aromatic ring is 1. The van der Waals surface area contributed by atoms with E-state index in [0.29, 0.717) is 23.8 Å². The number of carbonyl (C=O) groups excluding carboxylic acids is 1. The second-order valence-electron chi connectivity index (χ2n) is 7.03. The van der Waals surface area contributed by atoms with Crippen LogP contribution in [-0.4, -0.2) is 32.1 Å². The minimum Gasteiger partial charge on any atom is -0.497 e. The minimum absolute atomic E-state index is 0.0691. The SMILES string of the molecule is COc1cccc(N(CCCCC2CCCN2)C(=O)c2ccccc2N)c1. The molecule has 0 radical (unpaired) electrons. The fraction of sp³-hybridized carbons (Fsp3) is 0.409. The first-order chi connectivity index (χ1) is 13.2. The van der Waals surface area contributed by atoms with Crippen LogP contribution in [-0.2, 0) is 0 Å². The molecule has 5 nitrogen and oxygen atoms in total. The van der Waals surface area contributed by atoms with Gasteiger partial charge in [0.05, 0.1) is 12.7 Å². The van der Waals surface area contributed by atoms with Crippen LogP contribution in [0.1, 0.15) is 42.5 Å². The van der Waals surface area contributed by atoms with Crippen molar-refractivity contribution in [3.63, 3.8) is 0 Å². The molecule has 27 heavy (non-hydrogen) atoms. The van der Waals surface area contributed by atoms with Gasteiger partial charge in [0, 0.05) is 30.0 Å². The third-order valence-electron chi connectivity index (χ3n) is 5.15. The summed E-state index contributed by atoms with van der Waals surface area (Å²) in [7, 11) is 1.63. The van der Waals surface area contributed by atoms with Crippen molar-refractivity contribution in [2.75, 3.05) is 30.8 Å². The molecule has 1 heterocycles. The van der Waals surface area contributed by atoms with Crippen LogP contribution in [0.15, 0.2) is 48.5 Å². The topological polar surface area (TPSA) is 67.6 Å². The van der Waals surface area contributed by atoms with Crippen LogP contribution in [0.4, 0.5) is 11.4 Å². The molecule has 2 aromatic carbocycles. The lowest BCUT2D eigenvalue weighted by molar-refractivity contribution is 0.0987. The lowest BCUT2D eigenvalue weighted by Crippen LogP contribution is -2.32. The van der Waals surface area contributed by atoms with Gasteiger partial charge >= 0.3 is 0 Å². The van der Waals surface area contributed by atoms with Crippen LogP contribution in [0.3, 0.4) is 0 Å². The molecule has 3 N–H and O–H groups in total. The molecule has 0 bridgehead atoms. The molecule has 0 aromatic heterocycles. The molecule has 1 saturated heterocycles. The highest BCUT2D eigenvalue weighted by Crippen LogP contribution is 2.25. The van der Waals surface area contributed by atoms with Crippen molar-refractivity contribution < 1.29 is 9.53 Å². The predicted molar refractivity (Wildman–Crippen MR) is 110 cm³/mol. The van der Waals surface area contributed by atoms with Gasteiger partial charge in [-0.1, -0.05) is 24.6 Å². The first-order valence-corrected chi connectivity index (χ1v) is 9.73. The number of methoxy groups -OCH3 is 1. The number of unbranched alkanes of at least 4 members (excludes halogenated alkanes) is 1. The molecule has 5 heteroatoms. The van der Waals surface area contributed by atoms with Gasteiger partial charge in [0.2, 0.25) is 0 Å². The molecule has 144 valence electrons. The van der Waals surface area contributed by atoms with Crippen LogP contribution >= 0.6 is 0 Å². The van der Waals surface area contributed by atoms with E-state index in [1.54, 1.807) is 19.2 Å². The monoisotopic (exact) mass is 367 g/mol. The highest BCUT2D eigenvalue weighted by Gasteiger charge is 2.20. The van der Waals surface area contributed by atoms with E-state index in [1.807, 2.05) is 41.3 Å². The van der Waals surface area contributed by atoms with Gasteiger partial charge < -0.3 is 20.7 Å². The van der Waals surface area contributed by atoms with Gasteiger partial charge in [-0.15, -0.1) is 0 Å². The zero-order valence-corrected chi connectivity index (χ0v) is 16.0. The van der Waals surface area contributed by atoms with Gasteiger partial charge in [-0.3, -0.25) is 4.79 Å². The number of carbonyl (C=O) groups is 1. The second-order valence-corrected chi connectivity index (χ2v) is 7.03. The summed E-state index contributed by atoms with van der Waals surface area (Å²) in [6, 6.07) is 15.5. The molecule has 1 aliphatic rings. The number of nitrogens with one attached hydrogen (secondary N) is 1. The Morgan fingerprint density at radius 3 is 2.81 bits per heavy atom. The molecule has 1 fully saturated rings. The Morgan fingerprint density at radius 2 is 2.07 bits per heavy atom. The molecule has 3 rings (SSSR count). The highest BCUT2D eigenvalue weighted by atomic mass is 16.5. The first kappa shape index (κ1) is 19.2. The van der Waals surface area contributed by atoms with Gasteiger partial charge in [-0.25, -0.2) is 0 Å². The Balaban J connectivity index is 1.73. The van der Waals surface area contributed by atoms with E-state index in [0.717, 1.165) is 37.2 Å². The average Bonchev–Trinajstić information content (AvgIpc) is 3.21. The smallest absolute Gasteiger partial charge is 0.260 e. The molecule has 2 aromatic rings. The fourth-order valence-electron chi connectivity index (χ4n) is 3.63. The highest BCUT2D eigenvalue weighted by molar-refractivity contribution is 6.09. The lowest BCUT2D eigenvalue weighted by Gasteiger charge is -2.24. The molecule has 1 aliphatic heterocycles. The number of amides is 1. The van der Waals surface area contributed by atoms with Crippen molar-refractivity contribution in [1.82, 2.24) is 5.32 Å². The van der Waals surface area contributed by atoms with Crippen LogP contribution in [0.25, 0.3) is 0 Å². The summed E-state index contributed by atoms with van der Waals surface area (Å²) < 4.78 is 5.34. The Hall–Kier alpha value is -2.53. The molecule has 1 atom stereocenters. The number of hydrogen-bond donors (Lipinski definition) is 2. The van der Waals surface area contributed by atoms with Crippen molar-refractivity contribution in [2.45, 2.75) is 38.1 Å². The van der Waals surface area contributed by atoms with Crippen molar-refractivity contribution in [2.24, 2.45) is 0 Å². The Bertz CT molecular complexity index is 757. The van der Waals surface area contributed by atoms with E-state index >= 15 is 0 Å². The summed E-state index contributed by atoms with van der Waals surface area (Å²) >= 11 is 0. The second kappa shape index (κ2) is 9.42. The molecular formula is C22H29N3O2. The van der Waals surface area contributed by atoms with Gasteiger partial charge in [0.15, 0.2) is 0 Å². The quantitative estimate of drug-likeness (QED) is 0.549. The molecule has 0 saturated carbocycles. The summed E-state index contributed by atoms with van der Waals surface area (Å²) in [4.78, 5) is 15.0. The van der Waals surface area contributed by atoms with Crippen molar-refractivity contribution >= 4 is 17.3 Å². The van der Waals surface area contributed by atoms with E-state index < -0.39 is 0 Å². The van der Waals surface area contributed by atoms with Crippen LogP contribution in [0.5, 0.6) is 5.75 Å². The third kappa shape index (κ3) is 5.01. The average molecular weight is 367 g/mol. The van der Waals surface area contributed by atoms with Gasteiger partial charge in [-0.05, 0) is 56.5 Å². The molecular weight excluding hydrogens is 338 g/mol. The molecule has 0 aliphatic carbocycles. The summed E-state index contributed by atoms with van der Waals surface area (Å²) in [5.74, 6) is 0.668. The van der Waals surface area contributed by atoms with E-state index in [9.17, 15) is 4.79 Å². The Morgan fingerprint density at radius 1 is 1.22 bits per heavy atom. The first-order valence-electron chi connectivity index (χ1n) is 9.73. The summed E-state index contributed by atoms with van der Waals surface area (Å²) in [6.07, 6.45) is 5.74. The van der Waals surface area contributed by atoms with Crippen molar-refractivity contribution in [3.05, 3.63) is 54.1 Å². The maximum absolute atomic E-state index is 13.2. The number of nitrogens with zero attached hydrogens (tertiary/aromatic N) is 1. The zero-order valence-electron chi connectivity index (χ0n) is 16.0.